The zero-order valence-electron chi connectivity index (χ0n) is 13.1. The van der Waals surface area contributed by atoms with Crippen molar-refractivity contribution >= 4 is 24.3 Å². The Hall–Kier alpha value is -0.810. The highest BCUT2D eigenvalue weighted by molar-refractivity contribution is 5.85. The molecule has 1 fully saturated rings. The third-order valence-electron chi connectivity index (χ3n) is 4.25. The molecule has 1 saturated carbocycles. The number of halogens is 1. The van der Waals surface area contributed by atoms with Crippen LogP contribution in [-0.4, -0.2) is 48.1 Å². The number of nitrogens with one attached hydrogen (secondary N) is 1. The fourth-order valence-corrected chi connectivity index (χ4v) is 2.70. The first kappa shape index (κ1) is 20.2. The normalized spacial score (nSPS) is 17.1. The van der Waals surface area contributed by atoms with Crippen LogP contribution in [0.25, 0.3) is 0 Å². The number of hydrogen-bond acceptors (Lipinski definition) is 3. The monoisotopic (exact) mass is 320 g/mol. The quantitative estimate of drug-likeness (QED) is 0.673. The molecule has 2 N–H and O–H groups in total. The van der Waals surface area contributed by atoms with Crippen molar-refractivity contribution in [2.45, 2.75) is 57.9 Å². The van der Waals surface area contributed by atoms with Gasteiger partial charge in [0.25, 0.3) is 0 Å². The molecule has 0 radical (unpaired) electrons. The van der Waals surface area contributed by atoms with E-state index in [1.54, 1.807) is 18.9 Å². The standard InChI is InChI=1S/C15H28N2O3.ClH/c1-12(15(19)20)17(2)11-14(18)16-10-6-9-13-7-4-3-5-8-13;/h12-13H,3-11H2,1-2H3,(H,16,18)(H,19,20);1H. The average molecular weight is 321 g/mol. The SMILES string of the molecule is CC(C(=O)O)N(C)CC(=O)NCCCC1CCCCC1.Cl. The van der Waals surface area contributed by atoms with E-state index in [-0.39, 0.29) is 24.9 Å². The van der Waals surface area contributed by atoms with Gasteiger partial charge in [-0.1, -0.05) is 32.1 Å². The van der Waals surface area contributed by atoms with Crippen molar-refractivity contribution in [3.63, 3.8) is 0 Å². The molecule has 1 atom stereocenters. The van der Waals surface area contributed by atoms with Crippen LogP contribution in [0.2, 0.25) is 0 Å². The van der Waals surface area contributed by atoms with Gasteiger partial charge < -0.3 is 10.4 Å². The van der Waals surface area contributed by atoms with Crippen LogP contribution < -0.4 is 5.32 Å². The summed E-state index contributed by atoms with van der Waals surface area (Å²) in [5.74, 6) is -0.155. The summed E-state index contributed by atoms with van der Waals surface area (Å²) in [4.78, 5) is 24.0. The molecule has 0 aromatic rings. The lowest BCUT2D eigenvalue weighted by Gasteiger charge is -2.22. The maximum Gasteiger partial charge on any atom is 0.320 e. The molecule has 0 bridgehead atoms. The van der Waals surface area contributed by atoms with E-state index in [1.165, 1.54) is 38.5 Å². The van der Waals surface area contributed by atoms with Crippen LogP contribution >= 0.6 is 12.4 Å². The first-order chi connectivity index (χ1) is 9.50. The van der Waals surface area contributed by atoms with E-state index in [2.05, 4.69) is 5.32 Å². The van der Waals surface area contributed by atoms with Crippen molar-refractivity contribution in [1.82, 2.24) is 10.2 Å². The molecule has 6 heteroatoms. The third kappa shape index (κ3) is 8.27. The van der Waals surface area contributed by atoms with Gasteiger partial charge in [0.05, 0.1) is 6.54 Å². The van der Waals surface area contributed by atoms with Crippen molar-refractivity contribution in [3.05, 3.63) is 0 Å². The summed E-state index contributed by atoms with van der Waals surface area (Å²) in [5.41, 5.74) is 0. The summed E-state index contributed by atoms with van der Waals surface area (Å²) < 4.78 is 0. The molecule has 0 aromatic heterocycles. The van der Waals surface area contributed by atoms with E-state index in [0.29, 0.717) is 6.54 Å². The third-order valence-corrected chi connectivity index (χ3v) is 4.25. The van der Waals surface area contributed by atoms with Crippen molar-refractivity contribution in [1.29, 1.82) is 0 Å². The second kappa shape index (κ2) is 10.9. The molecule has 124 valence electrons. The fourth-order valence-electron chi connectivity index (χ4n) is 2.70. The molecule has 0 aliphatic heterocycles. The van der Waals surface area contributed by atoms with Gasteiger partial charge in [-0.15, -0.1) is 12.4 Å². The van der Waals surface area contributed by atoms with Gasteiger partial charge >= 0.3 is 5.97 Å². The minimum atomic E-state index is -0.905. The Morgan fingerprint density at radius 1 is 1.29 bits per heavy atom. The second-order valence-electron chi connectivity index (χ2n) is 5.93. The van der Waals surface area contributed by atoms with E-state index in [1.807, 2.05) is 0 Å². The van der Waals surface area contributed by atoms with E-state index in [0.717, 1.165) is 12.3 Å². The molecule has 5 nitrogen and oxygen atoms in total. The lowest BCUT2D eigenvalue weighted by molar-refractivity contribution is -0.142. The highest BCUT2D eigenvalue weighted by Crippen LogP contribution is 2.26. The van der Waals surface area contributed by atoms with Crippen molar-refractivity contribution in [3.8, 4) is 0 Å². The van der Waals surface area contributed by atoms with E-state index in [4.69, 9.17) is 5.11 Å². The maximum absolute atomic E-state index is 11.7. The van der Waals surface area contributed by atoms with Crippen molar-refractivity contribution < 1.29 is 14.7 Å². The smallest absolute Gasteiger partial charge is 0.320 e. The van der Waals surface area contributed by atoms with Crippen LogP contribution in [0.1, 0.15) is 51.9 Å². The molecule has 0 saturated heterocycles. The molecule has 1 unspecified atom stereocenters. The Balaban J connectivity index is 0.00000400. The Morgan fingerprint density at radius 3 is 2.48 bits per heavy atom. The van der Waals surface area contributed by atoms with Crippen molar-refractivity contribution in [2.24, 2.45) is 5.92 Å². The van der Waals surface area contributed by atoms with Gasteiger partial charge in [-0.05, 0) is 32.7 Å². The number of carbonyl (C=O) groups excluding carboxylic acids is 1. The molecule has 0 heterocycles. The number of likely N-dealkylation sites (N-methyl/N-ethyl adjacent to an activating group) is 1. The number of carboxylic acids is 1. The number of hydrogen-bond donors (Lipinski definition) is 2. The van der Waals surface area contributed by atoms with E-state index in [9.17, 15) is 9.59 Å². The van der Waals surface area contributed by atoms with Crippen LogP contribution in [0.4, 0.5) is 0 Å². The fraction of sp³-hybridized carbons (Fsp3) is 0.867. The molecule has 1 aliphatic rings. The number of amides is 1. The number of nitrogens with zero attached hydrogens (tertiary/aromatic N) is 1. The largest absolute Gasteiger partial charge is 0.480 e. The predicted octanol–water partition coefficient (Wildman–Crippen LogP) is 2.29. The number of aliphatic carboxylic acids is 1. The number of rotatable bonds is 8. The van der Waals surface area contributed by atoms with Gasteiger partial charge in [0, 0.05) is 6.54 Å². The maximum atomic E-state index is 11.7. The van der Waals surface area contributed by atoms with Crippen LogP contribution in [0, 0.1) is 5.92 Å². The molecule has 1 aliphatic carbocycles. The van der Waals surface area contributed by atoms with Gasteiger partial charge in [-0.3, -0.25) is 14.5 Å². The van der Waals surface area contributed by atoms with Gasteiger partial charge in [-0.2, -0.15) is 0 Å². The van der Waals surface area contributed by atoms with Gasteiger partial charge in [0.2, 0.25) is 5.91 Å². The Labute approximate surface area is 133 Å². The van der Waals surface area contributed by atoms with Gasteiger partial charge in [0.15, 0.2) is 0 Å². The summed E-state index contributed by atoms with van der Waals surface area (Å²) in [6.07, 6.45) is 8.99. The highest BCUT2D eigenvalue weighted by Gasteiger charge is 2.19. The second-order valence-corrected chi connectivity index (χ2v) is 5.93. The first-order valence-electron chi connectivity index (χ1n) is 7.70. The van der Waals surface area contributed by atoms with Gasteiger partial charge in [0.1, 0.15) is 6.04 Å². The van der Waals surface area contributed by atoms with Gasteiger partial charge in [-0.25, -0.2) is 0 Å². The lowest BCUT2D eigenvalue weighted by atomic mass is 9.86. The Morgan fingerprint density at radius 2 is 1.90 bits per heavy atom. The van der Waals surface area contributed by atoms with Crippen molar-refractivity contribution in [2.75, 3.05) is 20.1 Å². The minimum absolute atomic E-state index is 0. The molecule has 0 aromatic carbocycles. The zero-order chi connectivity index (χ0) is 15.0. The zero-order valence-corrected chi connectivity index (χ0v) is 14.0. The molecule has 1 rings (SSSR count). The molecular formula is C15H29ClN2O3. The van der Waals surface area contributed by atoms with Crippen LogP contribution in [0.5, 0.6) is 0 Å². The van der Waals surface area contributed by atoms with Crippen LogP contribution in [0.3, 0.4) is 0 Å². The first-order valence-corrected chi connectivity index (χ1v) is 7.70. The Bertz CT molecular complexity index is 320. The van der Waals surface area contributed by atoms with E-state index < -0.39 is 12.0 Å². The van der Waals surface area contributed by atoms with E-state index >= 15 is 0 Å². The molecule has 21 heavy (non-hydrogen) atoms. The number of carbonyl (C=O) groups is 2. The summed E-state index contributed by atoms with van der Waals surface area (Å²) >= 11 is 0. The Kier molecular flexibility index (Phi) is 10.4. The minimum Gasteiger partial charge on any atom is -0.480 e. The lowest BCUT2D eigenvalue weighted by Crippen LogP contribution is -2.43. The molecule has 0 spiro atoms. The molecular weight excluding hydrogens is 292 g/mol. The summed E-state index contributed by atoms with van der Waals surface area (Å²) in [6, 6.07) is -0.636. The topological polar surface area (TPSA) is 69.6 Å². The highest BCUT2D eigenvalue weighted by atomic mass is 35.5. The molecule has 1 amide bonds. The summed E-state index contributed by atoms with van der Waals surface area (Å²) in [5, 5.41) is 11.7. The summed E-state index contributed by atoms with van der Waals surface area (Å²) in [7, 11) is 1.65. The predicted molar refractivity (Wildman–Crippen MR) is 85.8 cm³/mol. The summed E-state index contributed by atoms with van der Waals surface area (Å²) in [6.45, 7) is 2.42. The average Bonchev–Trinajstić information content (AvgIpc) is 2.43. The van der Waals surface area contributed by atoms with Crippen LogP contribution in [0.15, 0.2) is 0 Å². The number of carboxylic acid groups (broad SMARTS) is 1. The van der Waals surface area contributed by atoms with Crippen LogP contribution in [-0.2, 0) is 9.59 Å².